The molecule has 0 saturated heterocycles. The highest BCUT2D eigenvalue weighted by Gasteiger charge is 2.76. The van der Waals surface area contributed by atoms with E-state index in [4.69, 9.17) is 4.74 Å². The number of rotatable bonds is 3. The van der Waals surface area contributed by atoms with Crippen LogP contribution in [0.4, 0.5) is 0 Å². The van der Waals surface area contributed by atoms with E-state index in [9.17, 15) is 14.7 Å². The minimum absolute atomic E-state index is 0.156. The number of carboxylic acids is 1. The smallest absolute Gasteiger partial charge is 0.333 e. The van der Waals surface area contributed by atoms with Crippen molar-refractivity contribution in [2.24, 2.45) is 35.0 Å². The zero-order valence-corrected chi connectivity index (χ0v) is 13.3. The number of fused-ring (bicyclic) bond motifs is 9. The van der Waals surface area contributed by atoms with Crippen LogP contribution in [0.3, 0.4) is 0 Å². The van der Waals surface area contributed by atoms with Crippen LogP contribution < -0.4 is 0 Å². The van der Waals surface area contributed by atoms with Crippen molar-refractivity contribution < 1.29 is 19.4 Å². The van der Waals surface area contributed by atoms with Crippen molar-refractivity contribution in [1.29, 1.82) is 0 Å². The number of hydrogen-bond acceptors (Lipinski definition) is 3. The topological polar surface area (TPSA) is 63.6 Å². The third kappa shape index (κ3) is 1.44. The maximum absolute atomic E-state index is 12.2. The van der Waals surface area contributed by atoms with Crippen LogP contribution in [0.25, 0.3) is 0 Å². The van der Waals surface area contributed by atoms with E-state index >= 15 is 0 Å². The van der Waals surface area contributed by atoms with Crippen molar-refractivity contribution in [2.75, 3.05) is 0 Å². The number of carbonyl (C=O) groups excluding carboxylic acids is 1. The maximum atomic E-state index is 12.2. The summed E-state index contributed by atoms with van der Waals surface area (Å²) >= 11 is 0. The fourth-order valence-corrected chi connectivity index (χ4v) is 6.57. The molecule has 4 bridgehead atoms. The van der Waals surface area contributed by atoms with E-state index in [0.29, 0.717) is 23.8 Å². The zero-order chi connectivity index (χ0) is 15.9. The Balaban J connectivity index is 1.74. The van der Waals surface area contributed by atoms with Crippen LogP contribution in [0.2, 0.25) is 0 Å². The lowest BCUT2D eigenvalue weighted by molar-refractivity contribution is -0.189. The summed E-state index contributed by atoms with van der Waals surface area (Å²) in [4.78, 5) is 24.1. The number of carbonyl (C=O) groups is 2. The molecular formula is C18H24O4. The van der Waals surface area contributed by atoms with Crippen LogP contribution in [0.5, 0.6) is 0 Å². The Kier molecular flexibility index (Phi) is 2.69. The van der Waals surface area contributed by atoms with E-state index < -0.39 is 17.0 Å². The first-order valence-corrected chi connectivity index (χ1v) is 8.43. The maximum Gasteiger partial charge on any atom is 0.333 e. The molecular weight excluding hydrogens is 280 g/mol. The summed E-state index contributed by atoms with van der Waals surface area (Å²) in [6, 6.07) is 0. The quantitative estimate of drug-likeness (QED) is 0.494. The first kappa shape index (κ1) is 14.3. The van der Waals surface area contributed by atoms with Gasteiger partial charge in [-0.3, -0.25) is 4.79 Å². The lowest BCUT2D eigenvalue weighted by Gasteiger charge is -2.50. The van der Waals surface area contributed by atoms with E-state index in [1.54, 1.807) is 6.92 Å². The molecule has 0 aromatic carbocycles. The van der Waals surface area contributed by atoms with E-state index in [-0.39, 0.29) is 23.7 Å². The SMILES string of the molecule is C=C(C)C(=O)OC12C3CCC(C3)C1C1CC2CC1(C)C(=O)O. The average Bonchev–Trinajstić information content (AvgIpc) is 3.15. The van der Waals surface area contributed by atoms with Gasteiger partial charge in [0.05, 0.1) is 5.41 Å². The van der Waals surface area contributed by atoms with Gasteiger partial charge in [-0.1, -0.05) is 6.58 Å². The van der Waals surface area contributed by atoms with Gasteiger partial charge in [-0.15, -0.1) is 0 Å². The zero-order valence-electron chi connectivity index (χ0n) is 13.3. The molecule has 120 valence electrons. The summed E-state index contributed by atoms with van der Waals surface area (Å²) in [6.07, 6.45) is 4.95. The lowest BCUT2D eigenvalue weighted by atomic mass is 9.59. The Morgan fingerprint density at radius 3 is 2.59 bits per heavy atom. The van der Waals surface area contributed by atoms with Gasteiger partial charge in [0.25, 0.3) is 0 Å². The van der Waals surface area contributed by atoms with E-state index in [0.717, 1.165) is 19.3 Å². The molecule has 0 amide bonds. The molecule has 22 heavy (non-hydrogen) atoms. The van der Waals surface area contributed by atoms with E-state index in [2.05, 4.69) is 6.58 Å². The van der Waals surface area contributed by atoms with Gasteiger partial charge < -0.3 is 9.84 Å². The highest BCUT2D eigenvalue weighted by atomic mass is 16.6. The second kappa shape index (κ2) is 4.15. The standard InChI is InChI=1S/C18H24O4/c1-9(2)15(19)22-18-11-5-4-10(6-11)14(18)13-7-12(18)8-17(13,3)16(20)21/h10-14H,1,4-8H2,2-3H3,(H,20,21). The largest absolute Gasteiger partial charge is 0.481 e. The third-order valence-electron chi connectivity index (χ3n) is 7.35. The Morgan fingerprint density at radius 1 is 1.23 bits per heavy atom. The fourth-order valence-electron chi connectivity index (χ4n) is 6.57. The first-order valence-electron chi connectivity index (χ1n) is 8.43. The summed E-state index contributed by atoms with van der Waals surface area (Å²) in [5, 5.41) is 9.72. The number of hydrogen-bond donors (Lipinski definition) is 1. The molecule has 0 radical (unpaired) electrons. The average molecular weight is 304 g/mol. The highest BCUT2D eigenvalue weighted by Crippen LogP contribution is 2.74. The predicted octanol–water partition coefficient (Wildman–Crippen LogP) is 3.02. The van der Waals surface area contributed by atoms with Crippen LogP contribution >= 0.6 is 0 Å². The van der Waals surface area contributed by atoms with E-state index in [1.165, 1.54) is 6.42 Å². The molecule has 1 N–H and O–H groups in total. The summed E-state index contributed by atoms with van der Waals surface area (Å²) in [6.45, 7) is 7.31. The molecule has 4 fully saturated rings. The fraction of sp³-hybridized carbons (Fsp3) is 0.778. The Morgan fingerprint density at radius 2 is 1.95 bits per heavy atom. The molecule has 4 aliphatic carbocycles. The molecule has 0 aliphatic heterocycles. The summed E-state index contributed by atoms with van der Waals surface area (Å²) in [5.74, 6) is 0.612. The molecule has 0 spiro atoms. The van der Waals surface area contributed by atoms with Gasteiger partial charge >= 0.3 is 11.9 Å². The molecule has 4 aliphatic rings. The normalized spacial score (nSPS) is 50.9. The second-order valence-electron chi connectivity index (χ2n) is 8.29. The molecule has 0 aromatic rings. The van der Waals surface area contributed by atoms with Crippen molar-refractivity contribution in [1.82, 2.24) is 0 Å². The van der Waals surface area contributed by atoms with Crippen LogP contribution in [-0.4, -0.2) is 22.6 Å². The van der Waals surface area contributed by atoms with Crippen molar-refractivity contribution in [3.8, 4) is 0 Å². The Hall–Kier alpha value is -1.32. The van der Waals surface area contributed by atoms with Crippen LogP contribution in [0, 0.1) is 35.0 Å². The van der Waals surface area contributed by atoms with Gasteiger partial charge in [-0.25, -0.2) is 4.79 Å². The second-order valence-corrected chi connectivity index (χ2v) is 8.29. The summed E-state index contributed by atoms with van der Waals surface area (Å²) in [5.41, 5.74) is -0.586. The molecule has 4 heteroatoms. The number of aliphatic carboxylic acids is 1. The van der Waals surface area contributed by atoms with Gasteiger partial charge in [0, 0.05) is 17.4 Å². The minimum Gasteiger partial charge on any atom is -0.481 e. The molecule has 0 aromatic heterocycles. The van der Waals surface area contributed by atoms with Crippen LogP contribution in [0.15, 0.2) is 12.2 Å². The number of esters is 1. The van der Waals surface area contributed by atoms with Gasteiger partial charge in [-0.05, 0) is 63.7 Å². The predicted molar refractivity (Wildman–Crippen MR) is 79.9 cm³/mol. The molecule has 4 saturated carbocycles. The molecule has 0 heterocycles. The van der Waals surface area contributed by atoms with Crippen molar-refractivity contribution in [3.05, 3.63) is 12.2 Å². The van der Waals surface area contributed by atoms with Crippen molar-refractivity contribution in [3.63, 3.8) is 0 Å². The number of ether oxygens (including phenoxy) is 1. The molecule has 7 unspecified atom stereocenters. The van der Waals surface area contributed by atoms with E-state index in [1.807, 2.05) is 6.92 Å². The Bertz CT molecular complexity index is 582. The number of carboxylic acid groups (broad SMARTS) is 1. The first-order chi connectivity index (χ1) is 10.3. The monoisotopic (exact) mass is 304 g/mol. The minimum atomic E-state index is -0.678. The van der Waals surface area contributed by atoms with Crippen LogP contribution in [0.1, 0.15) is 46.0 Å². The molecule has 4 rings (SSSR count). The van der Waals surface area contributed by atoms with Gasteiger partial charge in [0.1, 0.15) is 5.60 Å². The Labute approximate surface area is 130 Å². The summed E-state index contributed by atoms with van der Waals surface area (Å²) in [7, 11) is 0. The lowest BCUT2D eigenvalue weighted by Crippen LogP contribution is -2.56. The third-order valence-corrected chi connectivity index (χ3v) is 7.35. The highest BCUT2D eigenvalue weighted by molar-refractivity contribution is 5.87. The summed E-state index contributed by atoms with van der Waals surface area (Å²) < 4.78 is 6.09. The van der Waals surface area contributed by atoms with Crippen molar-refractivity contribution >= 4 is 11.9 Å². The molecule has 7 atom stereocenters. The van der Waals surface area contributed by atoms with Gasteiger partial charge in [0.2, 0.25) is 0 Å². The van der Waals surface area contributed by atoms with Gasteiger partial charge in [-0.2, -0.15) is 0 Å². The van der Waals surface area contributed by atoms with Crippen molar-refractivity contribution in [2.45, 2.75) is 51.6 Å². The van der Waals surface area contributed by atoms with Crippen LogP contribution in [-0.2, 0) is 14.3 Å². The van der Waals surface area contributed by atoms with Gasteiger partial charge in [0.15, 0.2) is 0 Å². The molecule has 4 nitrogen and oxygen atoms in total.